The first-order valence-electron chi connectivity index (χ1n) is 17.3. The third-order valence-corrected chi connectivity index (χ3v) is 10.6. The lowest BCUT2D eigenvalue weighted by Crippen LogP contribution is -1.97. The molecule has 0 unspecified atom stereocenters. The van der Waals surface area contributed by atoms with E-state index in [0.717, 1.165) is 5.69 Å². The molecule has 0 saturated heterocycles. The average molecular weight is 635 g/mol. The van der Waals surface area contributed by atoms with Crippen molar-refractivity contribution in [1.29, 1.82) is 0 Å². The molecule has 11 aromatic rings. The van der Waals surface area contributed by atoms with Crippen LogP contribution in [0, 0.1) is 0 Å². The molecule has 0 radical (unpaired) electrons. The fourth-order valence-electron chi connectivity index (χ4n) is 8.51. The maximum absolute atomic E-state index is 2.54. The Morgan fingerprint density at radius 3 is 1.76 bits per heavy atom. The van der Waals surface area contributed by atoms with Crippen molar-refractivity contribution in [3.8, 4) is 22.5 Å². The van der Waals surface area contributed by atoms with Crippen molar-refractivity contribution >= 4 is 75.9 Å². The third-order valence-electron chi connectivity index (χ3n) is 10.6. The predicted molar refractivity (Wildman–Crippen MR) is 213 cm³/mol. The molecule has 50 heavy (non-hydrogen) atoms. The van der Waals surface area contributed by atoms with E-state index in [9.17, 15) is 0 Å². The van der Waals surface area contributed by atoms with E-state index in [1.165, 1.54) is 92.7 Å². The molecule has 0 aliphatic carbocycles. The molecule has 0 N–H and O–H groups in total. The fourth-order valence-corrected chi connectivity index (χ4v) is 8.51. The Morgan fingerprint density at radius 2 is 0.900 bits per heavy atom. The van der Waals surface area contributed by atoms with Gasteiger partial charge in [-0.1, -0.05) is 146 Å². The van der Waals surface area contributed by atoms with Crippen LogP contribution in [0.4, 0.5) is 0 Å². The second-order valence-corrected chi connectivity index (χ2v) is 13.3. The summed E-state index contributed by atoms with van der Waals surface area (Å²) in [6.45, 7) is 0. The van der Waals surface area contributed by atoms with E-state index in [0.29, 0.717) is 0 Å². The highest BCUT2D eigenvalue weighted by Crippen LogP contribution is 2.48. The van der Waals surface area contributed by atoms with Gasteiger partial charge in [0.2, 0.25) is 0 Å². The molecular formula is C48H30N2. The Morgan fingerprint density at radius 1 is 0.280 bits per heavy atom. The third kappa shape index (κ3) is 3.79. The number of rotatable bonds is 3. The molecule has 232 valence electrons. The van der Waals surface area contributed by atoms with Gasteiger partial charge in [-0.05, 0) is 74.5 Å². The maximum atomic E-state index is 2.54. The Balaban J connectivity index is 1.40. The highest BCUT2D eigenvalue weighted by molar-refractivity contribution is 6.39. The molecule has 2 aromatic heterocycles. The smallest absolute Gasteiger partial charge is 0.0648 e. The number of para-hydroxylation sites is 1. The van der Waals surface area contributed by atoms with Crippen molar-refractivity contribution < 1.29 is 0 Å². The van der Waals surface area contributed by atoms with Crippen LogP contribution in [0.5, 0.6) is 0 Å². The van der Waals surface area contributed by atoms with E-state index in [1.807, 2.05) is 0 Å². The molecule has 2 nitrogen and oxygen atoms in total. The molecule has 0 aliphatic rings. The van der Waals surface area contributed by atoms with E-state index in [4.69, 9.17) is 0 Å². The standard InChI is InChI=1S/C48H30N2/c1-2-13-31(14-3-1)35-18-12-19-36(29-35)49-42-24-11-10-23-41(42)46-47(49)40-22-9-8-21-39(40)45-44-38-20-7-6-16-33(38)26-28-43(44)50(48(45)46)37-27-25-32-15-4-5-17-34(32)30-37/h1-30H. The number of benzene rings is 9. The summed E-state index contributed by atoms with van der Waals surface area (Å²) in [6.07, 6.45) is 0. The molecule has 11 rings (SSSR count). The Labute approximate surface area is 288 Å². The monoisotopic (exact) mass is 634 g/mol. The van der Waals surface area contributed by atoms with Crippen LogP contribution in [0.25, 0.3) is 98.4 Å². The maximum Gasteiger partial charge on any atom is 0.0648 e. The van der Waals surface area contributed by atoms with Crippen molar-refractivity contribution in [3.63, 3.8) is 0 Å². The predicted octanol–water partition coefficient (Wildman–Crippen LogP) is 13.0. The van der Waals surface area contributed by atoms with Gasteiger partial charge in [-0.15, -0.1) is 0 Å². The van der Waals surface area contributed by atoms with Gasteiger partial charge >= 0.3 is 0 Å². The summed E-state index contributed by atoms with van der Waals surface area (Å²) in [4.78, 5) is 0. The van der Waals surface area contributed by atoms with E-state index < -0.39 is 0 Å². The summed E-state index contributed by atoms with van der Waals surface area (Å²) in [5.41, 5.74) is 9.63. The minimum Gasteiger partial charge on any atom is -0.309 e. The van der Waals surface area contributed by atoms with E-state index >= 15 is 0 Å². The van der Waals surface area contributed by atoms with Crippen molar-refractivity contribution in [2.75, 3.05) is 0 Å². The van der Waals surface area contributed by atoms with Crippen molar-refractivity contribution in [3.05, 3.63) is 182 Å². The summed E-state index contributed by atoms with van der Waals surface area (Å²) in [5.74, 6) is 0. The summed E-state index contributed by atoms with van der Waals surface area (Å²) >= 11 is 0. The molecule has 0 bridgehead atoms. The van der Waals surface area contributed by atoms with Gasteiger partial charge in [0, 0.05) is 38.3 Å². The van der Waals surface area contributed by atoms with Gasteiger partial charge in [-0.25, -0.2) is 0 Å². The second kappa shape index (κ2) is 10.4. The van der Waals surface area contributed by atoms with Gasteiger partial charge in [0.25, 0.3) is 0 Å². The first kappa shape index (κ1) is 27.3. The molecule has 0 fully saturated rings. The number of fused-ring (bicyclic) bond motifs is 13. The van der Waals surface area contributed by atoms with Gasteiger partial charge in [-0.2, -0.15) is 0 Å². The van der Waals surface area contributed by atoms with Gasteiger partial charge in [0.05, 0.1) is 22.1 Å². The lowest BCUT2D eigenvalue weighted by atomic mass is 9.97. The van der Waals surface area contributed by atoms with Crippen LogP contribution < -0.4 is 0 Å². The van der Waals surface area contributed by atoms with Gasteiger partial charge in [-0.3, -0.25) is 0 Å². The van der Waals surface area contributed by atoms with Crippen LogP contribution >= 0.6 is 0 Å². The zero-order valence-corrected chi connectivity index (χ0v) is 27.2. The molecule has 0 saturated carbocycles. The molecule has 0 amide bonds. The van der Waals surface area contributed by atoms with E-state index in [-0.39, 0.29) is 0 Å². The normalized spacial score (nSPS) is 12.0. The zero-order valence-electron chi connectivity index (χ0n) is 27.2. The number of aromatic nitrogens is 2. The Kier molecular flexibility index (Phi) is 5.70. The first-order valence-corrected chi connectivity index (χ1v) is 17.3. The quantitative estimate of drug-likeness (QED) is 0.183. The van der Waals surface area contributed by atoms with Gasteiger partial charge < -0.3 is 9.13 Å². The second-order valence-electron chi connectivity index (χ2n) is 13.3. The topological polar surface area (TPSA) is 9.86 Å². The fraction of sp³-hybridized carbons (Fsp3) is 0. The zero-order chi connectivity index (χ0) is 32.8. The van der Waals surface area contributed by atoms with Crippen LogP contribution in [0.2, 0.25) is 0 Å². The van der Waals surface area contributed by atoms with E-state index in [1.54, 1.807) is 0 Å². The van der Waals surface area contributed by atoms with Crippen molar-refractivity contribution in [2.45, 2.75) is 0 Å². The van der Waals surface area contributed by atoms with Crippen LogP contribution in [-0.4, -0.2) is 9.13 Å². The molecule has 0 spiro atoms. The van der Waals surface area contributed by atoms with Crippen molar-refractivity contribution in [1.82, 2.24) is 9.13 Å². The number of nitrogens with zero attached hydrogens (tertiary/aromatic N) is 2. The van der Waals surface area contributed by atoms with Crippen molar-refractivity contribution in [2.24, 2.45) is 0 Å². The van der Waals surface area contributed by atoms with Crippen LogP contribution in [0.15, 0.2) is 182 Å². The SMILES string of the molecule is c1ccc(-c2cccc(-n3c4ccccc4c4c3c3ccccc3c3c5c6ccccc6ccc5n(-c5ccc6ccccc6c5)c34)c2)cc1. The molecular weight excluding hydrogens is 605 g/mol. The van der Waals surface area contributed by atoms with E-state index in [2.05, 4.69) is 191 Å². The summed E-state index contributed by atoms with van der Waals surface area (Å²) < 4.78 is 5.04. The molecule has 9 aromatic carbocycles. The lowest BCUT2D eigenvalue weighted by molar-refractivity contribution is 1.18. The van der Waals surface area contributed by atoms with Crippen LogP contribution in [0.1, 0.15) is 0 Å². The summed E-state index contributed by atoms with van der Waals surface area (Å²) in [6, 6.07) is 66.7. The molecule has 2 heteroatoms. The first-order chi connectivity index (χ1) is 24.8. The largest absolute Gasteiger partial charge is 0.309 e. The average Bonchev–Trinajstić information content (AvgIpc) is 3.72. The number of hydrogen-bond donors (Lipinski definition) is 0. The highest BCUT2D eigenvalue weighted by atomic mass is 15.0. The molecule has 0 atom stereocenters. The Hall–Kier alpha value is -6.64. The summed E-state index contributed by atoms with van der Waals surface area (Å²) in [7, 11) is 0. The number of hydrogen-bond acceptors (Lipinski definition) is 0. The van der Waals surface area contributed by atoms with Gasteiger partial charge in [0.15, 0.2) is 0 Å². The van der Waals surface area contributed by atoms with Gasteiger partial charge in [0.1, 0.15) is 0 Å². The van der Waals surface area contributed by atoms with Crippen LogP contribution in [0.3, 0.4) is 0 Å². The minimum atomic E-state index is 1.15. The highest BCUT2D eigenvalue weighted by Gasteiger charge is 2.25. The Bertz CT molecular complexity index is 3140. The lowest BCUT2D eigenvalue weighted by Gasteiger charge is -2.14. The summed E-state index contributed by atoms with van der Waals surface area (Å²) in [5, 5.41) is 12.6. The molecule has 0 aliphatic heterocycles. The minimum absolute atomic E-state index is 1.15. The van der Waals surface area contributed by atoms with Crippen LogP contribution in [-0.2, 0) is 0 Å². The molecule has 2 heterocycles.